The van der Waals surface area contributed by atoms with Crippen molar-refractivity contribution in [2.75, 3.05) is 44.2 Å². The predicted molar refractivity (Wildman–Crippen MR) is 123 cm³/mol. The third-order valence-electron chi connectivity index (χ3n) is 6.27. The number of nitrogens with zero attached hydrogens (tertiary/aromatic N) is 4. The maximum atomic E-state index is 4.92. The number of hydrogen-bond donors (Lipinski definition) is 1. The van der Waals surface area contributed by atoms with Gasteiger partial charge in [0.2, 0.25) is 0 Å². The lowest BCUT2D eigenvalue weighted by atomic mass is 10.1. The van der Waals surface area contributed by atoms with E-state index in [1.807, 2.05) is 0 Å². The molecule has 2 saturated heterocycles. The fourth-order valence-corrected chi connectivity index (χ4v) is 4.71. The highest BCUT2D eigenvalue weighted by molar-refractivity contribution is 5.87. The third kappa shape index (κ3) is 3.87. The minimum atomic E-state index is 0. The van der Waals surface area contributed by atoms with Crippen LogP contribution in [-0.4, -0.2) is 60.0 Å². The fraction of sp³-hybridized carbons (Fsp3) is 0.435. The molecule has 1 atom stereocenters. The number of rotatable bonds is 4. The second kappa shape index (κ2) is 8.74. The molecule has 2 aromatic carbocycles. The van der Waals surface area contributed by atoms with Crippen LogP contribution in [0.4, 0.5) is 5.69 Å². The van der Waals surface area contributed by atoms with Crippen LogP contribution in [0.1, 0.15) is 19.0 Å². The van der Waals surface area contributed by atoms with Gasteiger partial charge in [0.05, 0.1) is 16.9 Å². The molecule has 5 nitrogen and oxygen atoms in total. The molecule has 1 aromatic heterocycles. The van der Waals surface area contributed by atoms with Gasteiger partial charge in [0.1, 0.15) is 0 Å². The third-order valence-corrected chi connectivity index (χ3v) is 6.27. The van der Waals surface area contributed by atoms with Gasteiger partial charge in [-0.25, -0.2) is 4.68 Å². The van der Waals surface area contributed by atoms with E-state index in [1.165, 1.54) is 41.8 Å². The first-order valence-electron chi connectivity index (χ1n) is 10.6. The summed E-state index contributed by atoms with van der Waals surface area (Å²) < 4.78 is 2.11. The van der Waals surface area contributed by atoms with Crippen molar-refractivity contribution in [3.8, 4) is 5.69 Å². The lowest BCUT2D eigenvalue weighted by molar-refractivity contribution is 0.185. The molecule has 3 heterocycles. The molecule has 0 amide bonds. The van der Waals surface area contributed by atoms with E-state index in [-0.39, 0.29) is 12.4 Å². The normalized spacial score (nSPS) is 20.2. The summed E-state index contributed by atoms with van der Waals surface area (Å²) in [5.41, 5.74) is 4.84. The van der Waals surface area contributed by atoms with Gasteiger partial charge in [0.25, 0.3) is 0 Å². The van der Waals surface area contributed by atoms with Crippen LogP contribution in [0.2, 0.25) is 0 Å². The Morgan fingerprint density at radius 2 is 1.79 bits per heavy atom. The number of nitrogens with one attached hydrogen (secondary N) is 1. The zero-order valence-corrected chi connectivity index (χ0v) is 17.9. The summed E-state index contributed by atoms with van der Waals surface area (Å²) in [6.45, 7) is 9.06. The Labute approximate surface area is 179 Å². The van der Waals surface area contributed by atoms with Gasteiger partial charge in [0.15, 0.2) is 0 Å². The largest absolute Gasteiger partial charge is 0.370 e. The zero-order chi connectivity index (χ0) is 18.9. The molecule has 0 spiro atoms. The van der Waals surface area contributed by atoms with E-state index in [1.54, 1.807) is 0 Å². The predicted octanol–water partition coefficient (Wildman–Crippen LogP) is 3.49. The average molecular weight is 412 g/mol. The summed E-state index contributed by atoms with van der Waals surface area (Å²) >= 11 is 0. The van der Waals surface area contributed by atoms with Crippen LogP contribution < -0.4 is 10.2 Å². The molecule has 6 heteroatoms. The second-order valence-electron chi connectivity index (χ2n) is 7.92. The smallest absolute Gasteiger partial charge is 0.0764 e. The van der Waals surface area contributed by atoms with Gasteiger partial charge in [-0.3, -0.25) is 4.90 Å². The van der Waals surface area contributed by atoms with Gasteiger partial charge >= 0.3 is 0 Å². The molecule has 2 aliphatic rings. The van der Waals surface area contributed by atoms with Crippen LogP contribution in [0.25, 0.3) is 16.6 Å². The Kier molecular flexibility index (Phi) is 6.09. The van der Waals surface area contributed by atoms with Crippen molar-refractivity contribution < 1.29 is 0 Å². The quantitative estimate of drug-likeness (QED) is 0.712. The zero-order valence-electron chi connectivity index (χ0n) is 17.1. The summed E-state index contributed by atoms with van der Waals surface area (Å²) in [7, 11) is 0. The molecule has 0 radical (unpaired) electrons. The average Bonchev–Trinajstić information content (AvgIpc) is 3.40. The first kappa shape index (κ1) is 20.2. The number of hydrogen-bond acceptors (Lipinski definition) is 4. The summed E-state index contributed by atoms with van der Waals surface area (Å²) in [5.74, 6) is 0. The number of aryl methyl sites for hydroxylation is 1. The molecule has 3 aromatic rings. The van der Waals surface area contributed by atoms with Crippen molar-refractivity contribution in [2.45, 2.75) is 25.8 Å². The Morgan fingerprint density at radius 1 is 1.00 bits per heavy atom. The summed E-state index contributed by atoms with van der Waals surface area (Å²) in [5, 5.41) is 9.65. The molecule has 154 valence electrons. The van der Waals surface area contributed by atoms with Crippen LogP contribution in [-0.2, 0) is 6.42 Å². The molecule has 0 saturated carbocycles. The van der Waals surface area contributed by atoms with Crippen LogP contribution in [0.15, 0.2) is 48.5 Å². The highest BCUT2D eigenvalue weighted by atomic mass is 35.5. The van der Waals surface area contributed by atoms with Crippen molar-refractivity contribution in [3.05, 3.63) is 54.2 Å². The number of halogens is 1. The number of fused-ring (bicyclic) bond motifs is 1. The van der Waals surface area contributed by atoms with E-state index in [9.17, 15) is 0 Å². The highest BCUT2D eigenvalue weighted by Gasteiger charge is 2.28. The number of benzene rings is 2. The topological polar surface area (TPSA) is 36.3 Å². The molecule has 29 heavy (non-hydrogen) atoms. The lowest BCUT2D eigenvalue weighted by Crippen LogP contribution is -2.49. The maximum Gasteiger partial charge on any atom is 0.0764 e. The van der Waals surface area contributed by atoms with Crippen molar-refractivity contribution in [2.24, 2.45) is 0 Å². The van der Waals surface area contributed by atoms with E-state index in [4.69, 9.17) is 5.10 Å². The van der Waals surface area contributed by atoms with E-state index in [2.05, 4.69) is 75.3 Å². The maximum absolute atomic E-state index is 4.92. The Hall–Kier alpha value is -2.08. The Balaban J connectivity index is 0.00000205. The molecular weight excluding hydrogens is 382 g/mol. The lowest BCUT2D eigenvalue weighted by Gasteiger charge is -2.32. The van der Waals surface area contributed by atoms with Crippen LogP contribution >= 0.6 is 12.4 Å². The summed E-state index contributed by atoms with van der Waals surface area (Å²) in [4.78, 5) is 5.22. The molecular formula is C23H30ClN5. The Morgan fingerprint density at radius 3 is 2.55 bits per heavy atom. The van der Waals surface area contributed by atoms with E-state index in [0.29, 0.717) is 6.04 Å². The molecule has 0 aliphatic carbocycles. The van der Waals surface area contributed by atoms with Gasteiger partial charge in [0, 0.05) is 56.4 Å². The summed E-state index contributed by atoms with van der Waals surface area (Å²) in [6, 6.07) is 18.1. The number of piperazine rings is 1. The SMILES string of the molecule is CCc1nn(-c2ccccc2)c2cc(N3CCC(N4CCNCC4)C3)ccc12.Cl. The van der Waals surface area contributed by atoms with Crippen LogP contribution in [0.5, 0.6) is 0 Å². The van der Waals surface area contributed by atoms with Crippen LogP contribution in [0.3, 0.4) is 0 Å². The Bertz CT molecular complexity index is 949. The van der Waals surface area contributed by atoms with E-state index in [0.717, 1.165) is 38.3 Å². The fourth-order valence-electron chi connectivity index (χ4n) is 4.71. The minimum absolute atomic E-state index is 0. The second-order valence-corrected chi connectivity index (χ2v) is 7.92. The van der Waals surface area contributed by atoms with Crippen molar-refractivity contribution in [1.29, 1.82) is 0 Å². The number of aromatic nitrogens is 2. The minimum Gasteiger partial charge on any atom is -0.370 e. The highest BCUT2D eigenvalue weighted by Crippen LogP contribution is 2.30. The van der Waals surface area contributed by atoms with Crippen molar-refractivity contribution in [1.82, 2.24) is 20.0 Å². The van der Waals surface area contributed by atoms with Gasteiger partial charge in [-0.2, -0.15) is 5.10 Å². The van der Waals surface area contributed by atoms with Crippen molar-refractivity contribution >= 4 is 29.0 Å². The molecule has 1 N–H and O–H groups in total. The number of anilines is 1. The van der Waals surface area contributed by atoms with E-state index >= 15 is 0 Å². The van der Waals surface area contributed by atoms with Gasteiger partial charge < -0.3 is 10.2 Å². The molecule has 5 rings (SSSR count). The molecule has 2 fully saturated rings. The standard InChI is InChI=1S/C23H29N5.ClH/c1-2-22-21-9-8-19(16-23(21)28(25-22)18-6-4-3-5-7-18)27-13-10-20(17-27)26-14-11-24-12-15-26;/h3-9,16,20,24H,2,10-15,17H2,1H3;1H. The summed E-state index contributed by atoms with van der Waals surface area (Å²) in [6.07, 6.45) is 2.21. The van der Waals surface area contributed by atoms with E-state index < -0.39 is 0 Å². The van der Waals surface area contributed by atoms with Crippen LogP contribution in [0, 0.1) is 0 Å². The molecule has 0 bridgehead atoms. The van der Waals surface area contributed by atoms with Gasteiger partial charge in [-0.1, -0.05) is 25.1 Å². The molecule has 1 unspecified atom stereocenters. The molecule has 2 aliphatic heterocycles. The first-order valence-corrected chi connectivity index (χ1v) is 10.6. The van der Waals surface area contributed by atoms with Crippen molar-refractivity contribution in [3.63, 3.8) is 0 Å². The monoisotopic (exact) mass is 411 g/mol. The van der Waals surface area contributed by atoms with Gasteiger partial charge in [-0.05, 0) is 43.2 Å². The number of para-hydroxylation sites is 1. The first-order chi connectivity index (χ1) is 13.8. The van der Waals surface area contributed by atoms with Gasteiger partial charge in [-0.15, -0.1) is 12.4 Å².